The zero-order valence-corrected chi connectivity index (χ0v) is 12.4. The summed E-state index contributed by atoms with van der Waals surface area (Å²) in [6, 6.07) is 5.25. The van der Waals surface area contributed by atoms with Crippen molar-refractivity contribution >= 4 is 0 Å². The van der Waals surface area contributed by atoms with E-state index in [0.29, 0.717) is 23.3 Å². The molecule has 1 N–H and O–H groups in total. The van der Waals surface area contributed by atoms with Crippen LogP contribution in [0.25, 0.3) is 11.4 Å². The number of tetrazole rings is 1. The first-order chi connectivity index (χ1) is 9.49. The van der Waals surface area contributed by atoms with Crippen LogP contribution in [-0.4, -0.2) is 20.6 Å². The van der Waals surface area contributed by atoms with Gasteiger partial charge in [-0.3, -0.25) is 0 Å². The van der Waals surface area contributed by atoms with E-state index in [1.54, 1.807) is 12.1 Å². The monoisotopic (exact) mass is 276 g/mol. The van der Waals surface area contributed by atoms with Crippen molar-refractivity contribution in [2.24, 2.45) is 17.8 Å². The van der Waals surface area contributed by atoms with Gasteiger partial charge in [-0.2, -0.15) is 5.21 Å². The molecule has 0 aliphatic carbocycles. The van der Waals surface area contributed by atoms with Crippen molar-refractivity contribution in [3.05, 3.63) is 29.6 Å². The first kappa shape index (κ1) is 14.6. The first-order valence-corrected chi connectivity index (χ1v) is 7.01. The third-order valence-electron chi connectivity index (χ3n) is 4.13. The van der Waals surface area contributed by atoms with E-state index in [4.69, 9.17) is 0 Å². The van der Waals surface area contributed by atoms with Crippen molar-refractivity contribution in [2.75, 3.05) is 0 Å². The van der Waals surface area contributed by atoms with Crippen molar-refractivity contribution in [3.8, 4) is 11.4 Å². The molecule has 2 atom stereocenters. The molecule has 20 heavy (non-hydrogen) atoms. The molecule has 1 aromatic heterocycles. The fourth-order valence-electron chi connectivity index (χ4n) is 2.36. The van der Waals surface area contributed by atoms with E-state index in [9.17, 15) is 4.39 Å². The Balaban J connectivity index is 2.14. The topological polar surface area (TPSA) is 54.5 Å². The number of nitrogens with zero attached hydrogens (tertiary/aromatic N) is 3. The molecule has 1 heterocycles. The molecule has 108 valence electrons. The van der Waals surface area contributed by atoms with Gasteiger partial charge in [-0.1, -0.05) is 33.8 Å². The van der Waals surface area contributed by atoms with Crippen LogP contribution in [0.15, 0.2) is 18.2 Å². The summed E-state index contributed by atoms with van der Waals surface area (Å²) in [5.74, 6) is 1.75. The van der Waals surface area contributed by atoms with Crippen LogP contribution in [-0.2, 0) is 6.42 Å². The predicted molar refractivity (Wildman–Crippen MR) is 76.4 cm³/mol. The number of aromatic amines is 1. The molecule has 0 fully saturated rings. The summed E-state index contributed by atoms with van der Waals surface area (Å²) in [5.41, 5.74) is 1.39. The Morgan fingerprint density at radius 3 is 2.50 bits per heavy atom. The quantitative estimate of drug-likeness (QED) is 0.909. The van der Waals surface area contributed by atoms with Gasteiger partial charge >= 0.3 is 0 Å². The van der Waals surface area contributed by atoms with E-state index in [2.05, 4.69) is 48.3 Å². The SMILES string of the molecule is CC(C)C(C)C(C)Cc1ccc(-c2nn[nH]n2)c(F)c1. The van der Waals surface area contributed by atoms with Crippen molar-refractivity contribution in [3.63, 3.8) is 0 Å². The smallest absolute Gasteiger partial charge is 0.206 e. The van der Waals surface area contributed by atoms with Crippen LogP contribution in [0.1, 0.15) is 33.3 Å². The second kappa shape index (κ2) is 6.11. The number of rotatable bonds is 5. The van der Waals surface area contributed by atoms with Crippen molar-refractivity contribution < 1.29 is 4.39 Å². The number of H-pyrrole nitrogens is 1. The van der Waals surface area contributed by atoms with Gasteiger partial charge in [0, 0.05) is 0 Å². The van der Waals surface area contributed by atoms with Crippen LogP contribution in [0.3, 0.4) is 0 Å². The molecule has 2 unspecified atom stereocenters. The molecule has 0 saturated carbocycles. The van der Waals surface area contributed by atoms with E-state index in [1.807, 2.05) is 6.07 Å². The molecule has 2 aromatic rings. The Kier molecular flexibility index (Phi) is 4.47. The van der Waals surface area contributed by atoms with Gasteiger partial charge in [-0.15, -0.1) is 10.2 Å². The van der Waals surface area contributed by atoms with Gasteiger partial charge in [0.15, 0.2) is 0 Å². The van der Waals surface area contributed by atoms with Gasteiger partial charge in [-0.05, 0) is 47.1 Å². The van der Waals surface area contributed by atoms with E-state index in [0.717, 1.165) is 12.0 Å². The maximum Gasteiger partial charge on any atom is 0.207 e. The van der Waals surface area contributed by atoms with E-state index in [1.165, 1.54) is 0 Å². The normalized spacial score (nSPS) is 14.5. The summed E-state index contributed by atoms with van der Waals surface area (Å²) in [6.45, 7) is 8.91. The lowest BCUT2D eigenvalue weighted by Gasteiger charge is -2.23. The second-order valence-corrected chi connectivity index (χ2v) is 5.83. The average molecular weight is 276 g/mol. The van der Waals surface area contributed by atoms with Crippen LogP contribution in [0.5, 0.6) is 0 Å². The summed E-state index contributed by atoms with van der Waals surface area (Å²) < 4.78 is 14.1. The van der Waals surface area contributed by atoms with Crippen LogP contribution >= 0.6 is 0 Å². The number of hydrogen-bond acceptors (Lipinski definition) is 3. The molecule has 1 aromatic carbocycles. The third-order valence-corrected chi connectivity index (χ3v) is 4.13. The zero-order valence-electron chi connectivity index (χ0n) is 12.4. The van der Waals surface area contributed by atoms with Crippen LogP contribution in [0.2, 0.25) is 0 Å². The number of benzene rings is 1. The lowest BCUT2D eigenvalue weighted by atomic mass is 9.82. The van der Waals surface area contributed by atoms with Crippen LogP contribution < -0.4 is 0 Å². The van der Waals surface area contributed by atoms with Gasteiger partial charge in [0.1, 0.15) is 5.82 Å². The third kappa shape index (κ3) is 3.21. The summed E-state index contributed by atoms with van der Waals surface area (Å²) in [5, 5.41) is 13.4. The van der Waals surface area contributed by atoms with Gasteiger partial charge in [0.25, 0.3) is 0 Å². The number of halogens is 1. The van der Waals surface area contributed by atoms with Crippen molar-refractivity contribution in [2.45, 2.75) is 34.1 Å². The van der Waals surface area contributed by atoms with Gasteiger partial charge in [0.2, 0.25) is 5.82 Å². The molecule has 0 amide bonds. The van der Waals surface area contributed by atoms with E-state index in [-0.39, 0.29) is 11.6 Å². The zero-order chi connectivity index (χ0) is 14.7. The number of aromatic nitrogens is 4. The highest BCUT2D eigenvalue weighted by Gasteiger charge is 2.17. The minimum Gasteiger partial charge on any atom is -0.206 e. The van der Waals surface area contributed by atoms with Crippen LogP contribution in [0.4, 0.5) is 4.39 Å². The highest BCUT2D eigenvalue weighted by molar-refractivity contribution is 5.55. The molecule has 2 rings (SSSR count). The maximum absolute atomic E-state index is 14.1. The van der Waals surface area contributed by atoms with Crippen molar-refractivity contribution in [1.29, 1.82) is 0 Å². The van der Waals surface area contributed by atoms with Crippen LogP contribution in [0, 0.1) is 23.6 Å². The lowest BCUT2D eigenvalue weighted by Crippen LogP contribution is -2.16. The standard InChI is InChI=1S/C15H21FN4/c1-9(2)11(4)10(3)7-12-5-6-13(14(16)8-12)15-17-19-20-18-15/h5-6,8-11H,7H2,1-4H3,(H,17,18,19,20). The molecule has 5 heteroatoms. The molecular weight excluding hydrogens is 255 g/mol. The highest BCUT2D eigenvalue weighted by Crippen LogP contribution is 2.26. The molecule has 4 nitrogen and oxygen atoms in total. The molecule has 0 spiro atoms. The summed E-state index contributed by atoms with van der Waals surface area (Å²) in [6.07, 6.45) is 0.878. The maximum atomic E-state index is 14.1. The van der Waals surface area contributed by atoms with Gasteiger partial charge in [-0.25, -0.2) is 4.39 Å². The molecule has 0 saturated heterocycles. The summed E-state index contributed by atoms with van der Waals surface area (Å²) >= 11 is 0. The molecular formula is C15H21FN4. The summed E-state index contributed by atoms with van der Waals surface area (Å²) in [7, 11) is 0. The molecule has 0 bridgehead atoms. The number of nitrogens with one attached hydrogen (secondary N) is 1. The Hall–Kier alpha value is -1.78. The first-order valence-electron chi connectivity index (χ1n) is 7.01. The average Bonchev–Trinajstić information content (AvgIpc) is 2.91. The van der Waals surface area contributed by atoms with Gasteiger partial charge in [0.05, 0.1) is 5.56 Å². The fourth-order valence-corrected chi connectivity index (χ4v) is 2.36. The fraction of sp³-hybridized carbons (Fsp3) is 0.533. The Bertz CT molecular complexity index is 551. The lowest BCUT2D eigenvalue weighted by molar-refractivity contribution is 0.294. The molecule has 0 radical (unpaired) electrons. The van der Waals surface area contributed by atoms with E-state index < -0.39 is 0 Å². The largest absolute Gasteiger partial charge is 0.207 e. The van der Waals surface area contributed by atoms with Crippen molar-refractivity contribution in [1.82, 2.24) is 20.6 Å². The predicted octanol–water partition coefficient (Wildman–Crippen LogP) is 3.48. The van der Waals surface area contributed by atoms with Gasteiger partial charge < -0.3 is 0 Å². The minimum absolute atomic E-state index is 0.289. The summed E-state index contributed by atoms with van der Waals surface area (Å²) in [4.78, 5) is 0. The number of hydrogen-bond donors (Lipinski definition) is 1. The highest BCUT2D eigenvalue weighted by atomic mass is 19.1. The molecule has 0 aliphatic heterocycles. The van der Waals surface area contributed by atoms with E-state index >= 15 is 0 Å². The minimum atomic E-state index is -0.298. The second-order valence-electron chi connectivity index (χ2n) is 5.83. The molecule has 0 aliphatic rings. The Morgan fingerprint density at radius 2 is 1.95 bits per heavy atom. The Labute approximate surface area is 118 Å². The Morgan fingerprint density at radius 1 is 1.20 bits per heavy atom.